The molecule has 0 amide bonds. The van der Waals surface area contributed by atoms with Gasteiger partial charge in [-0.3, -0.25) is 4.79 Å². The summed E-state index contributed by atoms with van der Waals surface area (Å²) >= 11 is 12.0. The highest BCUT2D eigenvalue weighted by Crippen LogP contribution is 2.26. The van der Waals surface area contributed by atoms with E-state index in [0.717, 1.165) is 16.3 Å². The Balaban J connectivity index is 2.20. The lowest BCUT2D eigenvalue weighted by Crippen LogP contribution is -2.02. The summed E-state index contributed by atoms with van der Waals surface area (Å²) < 4.78 is 0. The van der Waals surface area contributed by atoms with Gasteiger partial charge in [0.05, 0.1) is 0 Å². The first kappa shape index (κ1) is 14.1. The van der Waals surface area contributed by atoms with Crippen LogP contribution in [0.1, 0.15) is 21.5 Å². The zero-order chi connectivity index (χ0) is 15.0. The van der Waals surface area contributed by atoms with E-state index in [0.29, 0.717) is 21.2 Å². The number of hydrogen-bond acceptors (Lipinski definition) is 1. The molecule has 0 N–H and O–H groups in total. The summed E-state index contributed by atoms with van der Waals surface area (Å²) in [6, 6.07) is 16.6. The standard InChI is InChI=1S/C18H12Cl2O/c1-11-6-7-17(16-5-3-2-4-15(11)16)18(21)12-8-13(19)10-14(20)9-12/h2-10H,1H3. The van der Waals surface area contributed by atoms with E-state index >= 15 is 0 Å². The topological polar surface area (TPSA) is 17.1 Å². The maximum atomic E-state index is 12.8. The minimum absolute atomic E-state index is 0.0735. The van der Waals surface area contributed by atoms with Gasteiger partial charge < -0.3 is 0 Å². The van der Waals surface area contributed by atoms with Crippen LogP contribution in [0.5, 0.6) is 0 Å². The second-order valence-corrected chi connectivity index (χ2v) is 5.84. The molecule has 0 aliphatic rings. The molecule has 0 saturated carbocycles. The monoisotopic (exact) mass is 314 g/mol. The zero-order valence-electron chi connectivity index (χ0n) is 11.4. The first-order chi connectivity index (χ1) is 10.1. The average molecular weight is 315 g/mol. The Morgan fingerprint density at radius 1 is 0.857 bits per heavy atom. The normalized spacial score (nSPS) is 10.8. The van der Waals surface area contributed by atoms with Crippen LogP contribution in [0.3, 0.4) is 0 Å². The molecule has 3 aromatic carbocycles. The van der Waals surface area contributed by atoms with E-state index in [2.05, 4.69) is 0 Å². The van der Waals surface area contributed by atoms with Crippen molar-refractivity contribution in [3.05, 3.63) is 81.3 Å². The summed E-state index contributed by atoms with van der Waals surface area (Å²) in [7, 11) is 0. The number of aryl methyl sites for hydroxylation is 1. The van der Waals surface area contributed by atoms with Crippen LogP contribution in [0.2, 0.25) is 10.0 Å². The van der Waals surface area contributed by atoms with Crippen molar-refractivity contribution in [1.29, 1.82) is 0 Å². The molecule has 0 bridgehead atoms. The molecule has 3 aromatic rings. The van der Waals surface area contributed by atoms with E-state index in [1.807, 2.05) is 43.3 Å². The van der Waals surface area contributed by atoms with Crippen molar-refractivity contribution >= 4 is 39.8 Å². The second-order valence-electron chi connectivity index (χ2n) is 4.96. The van der Waals surface area contributed by atoms with Crippen LogP contribution < -0.4 is 0 Å². The van der Waals surface area contributed by atoms with Crippen molar-refractivity contribution < 1.29 is 4.79 Å². The first-order valence-electron chi connectivity index (χ1n) is 6.55. The van der Waals surface area contributed by atoms with E-state index < -0.39 is 0 Å². The number of benzene rings is 3. The average Bonchev–Trinajstić information content (AvgIpc) is 2.46. The van der Waals surface area contributed by atoms with Crippen molar-refractivity contribution in [2.75, 3.05) is 0 Å². The number of ketones is 1. The van der Waals surface area contributed by atoms with Gasteiger partial charge in [0, 0.05) is 21.2 Å². The SMILES string of the molecule is Cc1ccc(C(=O)c2cc(Cl)cc(Cl)c2)c2ccccc12. The van der Waals surface area contributed by atoms with Crippen molar-refractivity contribution in [2.45, 2.75) is 6.92 Å². The van der Waals surface area contributed by atoms with Gasteiger partial charge in [-0.05, 0) is 41.5 Å². The van der Waals surface area contributed by atoms with E-state index in [-0.39, 0.29) is 5.78 Å². The molecule has 0 radical (unpaired) electrons. The maximum absolute atomic E-state index is 12.8. The van der Waals surface area contributed by atoms with E-state index in [9.17, 15) is 4.79 Å². The molecule has 0 aliphatic carbocycles. The van der Waals surface area contributed by atoms with Crippen molar-refractivity contribution in [2.24, 2.45) is 0 Å². The molecule has 0 saturated heterocycles. The largest absolute Gasteiger partial charge is 0.289 e. The van der Waals surface area contributed by atoms with Crippen molar-refractivity contribution in [3.63, 3.8) is 0 Å². The summed E-state index contributed by atoms with van der Waals surface area (Å²) in [5.74, 6) is -0.0735. The molecule has 3 heteroatoms. The molecule has 0 aliphatic heterocycles. The first-order valence-corrected chi connectivity index (χ1v) is 7.31. The van der Waals surface area contributed by atoms with Crippen LogP contribution in [0, 0.1) is 6.92 Å². The predicted molar refractivity (Wildman–Crippen MR) is 88.6 cm³/mol. The lowest BCUT2D eigenvalue weighted by Gasteiger charge is -2.09. The predicted octanol–water partition coefficient (Wildman–Crippen LogP) is 5.69. The number of rotatable bonds is 2. The van der Waals surface area contributed by atoms with Crippen LogP contribution >= 0.6 is 23.2 Å². The fraction of sp³-hybridized carbons (Fsp3) is 0.0556. The molecule has 0 heterocycles. The fourth-order valence-electron chi connectivity index (χ4n) is 2.49. The van der Waals surface area contributed by atoms with Gasteiger partial charge in [0.25, 0.3) is 0 Å². The van der Waals surface area contributed by atoms with Gasteiger partial charge in [-0.25, -0.2) is 0 Å². The maximum Gasteiger partial charge on any atom is 0.193 e. The van der Waals surface area contributed by atoms with Gasteiger partial charge in [0.1, 0.15) is 0 Å². The Morgan fingerprint density at radius 3 is 2.14 bits per heavy atom. The van der Waals surface area contributed by atoms with Gasteiger partial charge >= 0.3 is 0 Å². The summed E-state index contributed by atoms with van der Waals surface area (Å²) in [5.41, 5.74) is 2.31. The van der Waals surface area contributed by atoms with E-state index in [4.69, 9.17) is 23.2 Å². The van der Waals surface area contributed by atoms with Crippen LogP contribution in [0.4, 0.5) is 0 Å². The third-order valence-electron chi connectivity index (χ3n) is 3.51. The molecule has 0 unspecified atom stereocenters. The smallest absolute Gasteiger partial charge is 0.193 e. The Labute approximate surface area is 133 Å². The van der Waals surface area contributed by atoms with Crippen LogP contribution in [-0.2, 0) is 0 Å². The molecule has 0 spiro atoms. The van der Waals surface area contributed by atoms with Gasteiger partial charge in [-0.2, -0.15) is 0 Å². The van der Waals surface area contributed by atoms with E-state index in [1.54, 1.807) is 18.2 Å². The van der Waals surface area contributed by atoms with Gasteiger partial charge in [0.15, 0.2) is 5.78 Å². The highest BCUT2D eigenvalue weighted by Gasteiger charge is 2.14. The zero-order valence-corrected chi connectivity index (χ0v) is 12.9. The minimum Gasteiger partial charge on any atom is -0.289 e. The third kappa shape index (κ3) is 2.67. The number of halogens is 2. The molecule has 0 aromatic heterocycles. The highest BCUT2D eigenvalue weighted by atomic mass is 35.5. The van der Waals surface area contributed by atoms with Crippen molar-refractivity contribution in [1.82, 2.24) is 0 Å². The molecule has 0 atom stereocenters. The number of carbonyl (C=O) groups excluding carboxylic acids is 1. The summed E-state index contributed by atoms with van der Waals surface area (Å²) in [5, 5.41) is 2.94. The number of hydrogen-bond donors (Lipinski definition) is 0. The second kappa shape index (κ2) is 5.51. The third-order valence-corrected chi connectivity index (χ3v) is 3.95. The summed E-state index contributed by atoms with van der Waals surface area (Å²) in [6.45, 7) is 2.03. The molecule has 3 rings (SSSR count). The van der Waals surface area contributed by atoms with Crippen molar-refractivity contribution in [3.8, 4) is 0 Å². The van der Waals surface area contributed by atoms with Crippen LogP contribution in [-0.4, -0.2) is 5.78 Å². The van der Waals surface area contributed by atoms with Gasteiger partial charge in [-0.15, -0.1) is 0 Å². The Hall–Kier alpha value is -1.83. The Bertz CT molecular complexity index is 833. The van der Waals surface area contributed by atoms with Crippen LogP contribution in [0.25, 0.3) is 10.8 Å². The molecule has 1 nitrogen and oxygen atoms in total. The quantitative estimate of drug-likeness (QED) is 0.556. The molecule has 21 heavy (non-hydrogen) atoms. The van der Waals surface area contributed by atoms with Crippen LogP contribution in [0.15, 0.2) is 54.6 Å². The lowest BCUT2D eigenvalue weighted by atomic mass is 9.95. The Morgan fingerprint density at radius 2 is 1.48 bits per heavy atom. The molecule has 104 valence electrons. The molecule has 0 fully saturated rings. The number of fused-ring (bicyclic) bond motifs is 1. The summed E-state index contributed by atoms with van der Waals surface area (Å²) in [4.78, 5) is 12.8. The van der Waals surface area contributed by atoms with Gasteiger partial charge in [-0.1, -0.05) is 59.6 Å². The molecular formula is C18H12Cl2O. The number of carbonyl (C=O) groups is 1. The van der Waals surface area contributed by atoms with E-state index in [1.165, 1.54) is 0 Å². The lowest BCUT2D eigenvalue weighted by molar-refractivity contribution is 0.104. The Kier molecular flexibility index (Phi) is 3.71. The highest BCUT2D eigenvalue weighted by molar-refractivity contribution is 6.35. The van der Waals surface area contributed by atoms with Gasteiger partial charge in [0.2, 0.25) is 0 Å². The fourth-order valence-corrected chi connectivity index (χ4v) is 3.01. The molecular weight excluding hydrogens is 303 g/mol. The summed E-state index contributed by atoms with van der Waals surface area (Å²) in [6.07, 6.45) is 0. The minimum atomic E-state index is -0.0735.